The average Bonchev–Trinajstić information content (AvgIpc) is 3.54. The van der Waals surface area contributed by atoms with Crippen molar-refractivity contribution in [3.8, 4) is 17.6 Å². The molecule has 0 fully saturated rings. The number of nitrogens with one attached hydrogen (secondary N) is 2. The second kappa shape index (κ2) is 10.4. The van der Waals surface area contributed by atoms with E-state index in [-0.39, 0.29) is 34.1 Å². The number of pyridine rings is 2. The van der Waals surface area contributed by atoms with Crippen molar-refractivity contribution in [2.45, 2.75) is 39.5 Å². The van der Waals surface area contributed by atoms with Crippen molar-refractivity contribution in [2.24, 2.45) is 0 Å². The van der Waals surface area contributed by atoms with Crippen LogP contribution in [0.1, 0.15) is 48.0 Å². The van der Waals surface area contributed by atoms with E-state index >= 15 is 0 Å². The summed E-state index contributed by atoms with van der Waals surface area (Å²) in [5.74, 6) is -1.13. The Hall–Kier alpha value is -5.33. The number of aromatic nitrogens is 7. The third-order valence-corrected chi connectivity index (χ3v) is 5.16. The van der Waals surface area contributed by atoms with Crippen LogP contribution in [0.4, 0.5) is 29.5 Å². The molecule has 2 N–H and O–H groups in total. The normalized spacial score (nSPS) is 11.6. The maximum Gasteiger partial charge on any atom is 0.434 e. The van der Waals surface area contributed by atoms with Gasteiger partial charge in [0.25, 0.3) is 5.91 Å². The minimum atomic E-state index is -5.01. The number of nitrogens with zero attached hydrogens (tertiary/aromatic N) is 8. The van der Waals surface area contributed by atoms with E-state index in [1.54, 1.807) is 20.8 Å². The van der Waals surface area contributed by atoms with Crippen molar-refractivity contribution in [2.75, 3.05) is 10.6 Å². The molecule has 2 amide bonds. The van der Waals surface area contributed by atoms with Gasteiger partial charge in [-0.1, -0.05) is 0 Å². The fraction of sp³-hybridized carbons (Fsp3) is 0.250. The van der Waals surface area contributed by atoms with Crippen LogP contribution in [0.25, 0.3) is 11.5 Å². The Bertz CT molecular complexity index is 1620. The zero-order chi connectivity index (χ0) is 29.2. The molecule has 0 aliphatic carbocycles. The lowest BCUT2D eigenvalue weighted by molar-refractivity contribution is -0.143. The monoisotopic (exact) mass is 554 g/mol. The fourth-order valence-corrected chi connectivity index (χ4v) is 3.54. The van der Waals surface area contributed by atoms with Crippen molar-refractivity contribution in [3.63, 3.8) is 0 Å². The van der Waals surface area contributed by atoms with Gasteiger partial charge in [0.2, 0.25) is 0 Å². The second-order valence-electron chi connectivity index (χ2n) is 9.23. The van der Waals surface area contributed by atoms with Crippen molar-refractivity contribution >= 4 is 23.5 Å². The summed E-state index contributed by atoms with van der Waals surface area (Å²) >= 11 is 0. The van der Waals surface area contributed by atoms with E-state index < -0.39 is 35.0 Å². The molecule has 4 heterocycles. The number of anilines is 2. The Kier molecular flexibility index (Phi) is 7.23. The van der Waals surface area contributed by atoms with E-state index in [9.17, 15) is 28.0 Å². The molecular weight excluding hydrogens is 533 g/mol. The SMILES string of the molecule is Cc1c(-n2ncc(C(=O)Nc3cnc(-n4nccn4)c(C#N)c3)c2C(F)(F)F)ccnc1NC(=O)OC(C)(C)C. The number of ether oxygens (including phenoxy) is 1. The van der Waals surface area contributed by atoms with Crippen LogP contribution in [0, 0.1) is 18.3 Å². The van der Waals surface area contributed by atoms with Gasteiger partial charge in [-0.2, -0.15) is 33.7 Å². The highest BCUT2D eigenvalue weighted by molar-refractivity contribution is 6.05. The van der Waals surface area contributed by atoms with Gasteiger partial charge in [0.15, 0.2) is 11.5 Å². The summed E-state index contributed by atoms with van der Waals surface area (Å²) in [6.07, 6.45) is -0.0238. The van der Waals surface area contributed by atoms with E-state index in [0.717, 1.165) is 17.2 Å². The lowest BCUT2D eigenvalue weighted by Gasteiger charge is -2.20. The van der Waals surface area contributed by atoms with Crippen LogP contribution in [0.3, 0.4) is 0 Å². The minimum absolute atomic E-state index is 0.0295. The third kappa shape index (κ3) is 5.88. The average molecular weight is 554 g/mol. The number of rotatable bonds is 5. The van der Waals surface area contributed by atoms with Crippen LogP contribution >= 0.6 is 0 Å². The number of hydrogen-bond acceptors (Lipinski definition) is 9. The molecule has 4 rings (SSSR count). The number of carbonyl (C=O) groups is 2. The van der Waals surface area contributed by atoms with Crippen LogP contribution in [0.2, 0.25) is 0 Å². The van der Waals surface area contributed by atoms with E-state index in [1.165, 1.54) is 37.6 Å². The summed E-state index contributed by atoms with van der Waals surface area (Å²) in [7, 11) is 0. The molecule has 0 saturated carbocycles. The first-order valence-electron chi connectivity index (χ1n) is 11.5. The van der Waals surface area contributed by atoms with Gasteiger partial charge in [-0.15, -0.1) is 4.80 Å². The summed E-state index contributed by atoms with van der Waals surface area (Å²) in [6, 6.07) is 4.36. The molecule has 0 radical (unpaired) electrons. The molecule has 0 aliphatic heterocycles. The number of nitriles is 1. The highest BCUT2D eigenvalue weighted by atomic mass is 19.4. The van der Waals surface area contributed by atoms with Gasteiger partial charge >= 0.3 is 12.3 Å². The second-order valence-corrected chi connectivity index (χ2v) is 9.23. The largest absolute Gasteiger partial charge is 0.444 e. The van der Waals surface area contributed by atoms with Crippen LogP contribution < -0.4 is 10.6 Å². The number of alkyl halides is 3. The number of carbonyl (C=O) groups excluding carboxylic acids is 2. The summed E-state index contributed by atoms with van der Waals surface area (Å²) in [4.78, 5) is 34.3. The van der Waals surface area contributed by atoms with Gasteiger partial charge < -0.3 is 10.1 Å². The van der Waals surface area contributed by atoms with Crippen molar-refractivity contribution < 1.29 is 27.5 Å². The Morgan fingerprint density at radius 3 is 2.35 bits per heavy atom. The quantitative estimate of drug-likeness (QED) is 0.370. The topological polar surface area (TPSA) is 166 Å². The van der Waals surface area contributed by atoms with Crippen LogP contribution in [0.15, 0.2) is 43.1 Å². The molecule has 0 saturated heterocycles. The minimum Gasteiger partial charge on any atom is -0.444 e. The third-order valence-electron chi connectivity index (χ3n) is 5.16. The standard InChI is InChI=1S/C24H21F3N10O3/c1-13-17(5-6-29-19(13)35-22(39)40-23(2,3)4)36-18(24(25,26)27)16(12-33-36)21(38)34-15-9-14(10-28)20(30-11-15)37-31-7-8-32-37/h5-9,11-12H,1-4H3,(H,34,38)(H,29,35,39). The van der Waals surface area contributed by atoms with Gasteiger partial charge in [0, 0.05) is 11.8 Å². The molecule has 0 unspecified atom stereocenters. The smallest absolute Gasteiger partial charge is 0.434 e. The van der Waals surface area contributed by atoms with Gasteiger partial charge in [-0.05, 0) is 39.8 Å². The predicted molar refractivity (Wildman–Crippen MR) is 133 cm³/mol. The first kappa shape index (κ1) is 27.7. The van der Waals surface area contributed by atoms with Crippen molar-refractivity contribution in [1.29, 1.82) is 5.26 Å². The molecular formula is C24H21F3N10O3. The Morgan fingerprint density at radius 2 is 1.73 bits per heavy atom. The fourth-order valence-electron chi connectivity index (χ4n) is 3.54. The zero-order valence-corrected chi connectivity index (χ0v) is 21.5. The van der Waals surface area contributed by atoms with Gasteiger partial charge in [-0.3, -0.25) is 10.1 Å². The number of hydrogen-bond donors (Lipinski definition) is 2. The summed E-state index contributed by atoms with van der Waals surface area (Å²) in [5.41, 5.74) is -2.99. The summed E-state index contributed by atoms with van der Waals surface area (Å²) < 4.78 is 48.5. The van der Waals surface area contributed by atoms with Gasteiger partial charge in [0.1, 0.15) is 23.1 Å². The first-order valence-corrected chi connectivity index (χ1v) is 11.5. The lowest BCUT2D eigenvalue weighted by Crippen LogP contribution is -2.28. The van der Waals surface area contributed by atoms with E-state index in [4.69, 9.17) is 4.74 Å². The lowest BCUT2D eigenvalue weighted by atomic mass is 10.2. The van der Waals surface area contributed by atoms with Crippen LogP contribution in [-0.2, 0) is 10.9 Å². The summed E-state index contributed by atoms with van der Waals surface area (Å²) in [6.45, 7) is 6.38. The van der Waals surface area contributed by atoms with E-state index in [1.807, 2.05) is 6.07 Å². The van der Waals surface area contributed by atoms with Crippen LogP contribution in [-0.4, -0.2) is 52.3 Å². The number of amides is 2. The number of halogens is 3. The molecule has 4 aromatic rings. The molecule has 40 heavy (non-hydrogen) atoms. The predicted octanol–water partition coefficient (Wildman–Crippen LogP) is 4.04. The van der Waals surface area contributed by atoms with E-state index in [2.05, 4.69) is 35.9 Å². The highest BCUT2D eigenvalue weighted by Crippen LogP contribution is 2.35. The maximum atomic E-state index is 14.3. The molecule has 0 bridgehead atoms. The Morgan fingerprint density at radius 1 is 1.02 bits per heavy atom. The van der Waals surface area contributed by atoms with Crippen LogP contribution in [0.5, 0.6) is 0 Å². The molecule has 206 valence electrons. The Labute approximate surface area is 224 Å². The Balaban J connectivity index is 1.67. The summed E-state index contributed by atoms with van der Waals surface area (Å²) in [5, 5.41) is 25.8. The van der Waals surface area contributed by atoms with Crippen molar-refractivity contribution in [1.82, 2.24) is 34.7 Å². The molecule has 0 aromatic carbocycles. The van der Waals surface area contributed by atoms with Gasteiger partial charge in [-0.25, -0.2) is 19.4 Å². The van der Waals surface area contributed by atoms with E-state index in [0.29, 0.717) is 4.68 Å². The molecule has 16 heteroatoms. The molecule has 0 aliphatic rings. The van der Waals surface area contributed by atoms with Crippen molar-refractivity contribution in [3.05, 3.63) is 65.5 Å². The molecule has 13 nitrogen and oxygen atoms in total. The first-order chi connectivity index (χ1) is 18.8. The maximum absolute atomic E-state index is 14.3. The zero-order valence-electron chi connectivity index (χ0n) is 21.5. The molecule has 0 atom stereocenters. The molecule has 4 aromatic heterocycles. The van der Waals surface area contributed by atoms with Gasteiger partial charge in [0.05, 0.1) is 41.7 Å². The highest BCUT2D eigenvalue weighted by Gasteiger charge is 2.41. The molecule has 0 spiro atoms.